The molecule has 1 amide bonds. The van der Waals surface area contributed by atoms with Crippen LogP contribution in [0.2, 0.25) is 0 Å². The number of aromatic amines is 1. The number of aromatic nitrogens is 2. The van der Waals surface area contributed by atoms with Crippen LogP contribution in [0.3, 0.4) is 0 Å². The fraction of sp³-hybridized carbons (Fsp3) is 0.500. The zero-order chi connectivity index (χ0) is 24.7. The van der Waals surface area contributed by atoms with Crippen molar-refractivity contribution in [3.63, 3.8) is 0 Å². The largest absolute Gasteiger partial charge is 0.493 e. The molecule has 3 N–H and O–H groups in total. The molecule has 2 rings (SSSR count). The Morgan fingerprint density at radius 3 is 2.39 bits per heavy atom. The van der Waals surface area contributed by atoms with Crippen molar-refractivity contribution < 1.29 is 19.0 Å². The number of rotatable bonds is 11. The second-order valence-corrected chi connectivity index (χ2v) is 7.93. The molecule has 0 aliphatic heterocycles. The Bertz CT molecular complexity index is 1080. The van der Waals surface area contributed by atoms with Crippen LogP contribution in [-0.2, 0) is 16.1 Å². The fourth-order valence-electron chi connectivity index (χ4n) is 3.37. The van der Waals surface area contributed by atoms with E-state index in [0.717, 1.165) is 0 Å². The fourth-order valence-corrected chi connectivity index (χ4v) is 3.37. The number of anilines is 3. The Morgan fingerprint density at radius 1 is 1.15 bits per heavy atom. The van der Waals surface area contributed by atoms with Gasteiger partial charge in [-0.1, -0.05) is 13.8 Å². The van der Waals surface area contributed by atoms with Crippen molar-refractivity contribution in [1.29, 1.82) is 0 Å². The first kappa shape index (κ1) is 25.8. The van der Waals surface area contributed by atoms with Gasteiger partial charge < -0.3 is 29.7 Å². The molecule has 11 nitrogen and oxygen atoms in total. The molecule has 0 aliphatic carbocycles. The van der Waals surface area contributed by atoms with E-state index in [1.165, 1.54) is 23.7 Å². The van der Waals surface area contributed by atoms with Crippen LogP contribution in [0, 0.1) is 5.92 Å². The molecule has 0 spiro atoms. The number of benzene rings is 1. The molecular formula is C22H33N5O6. The summed E-state index contributed by atoms with van der Waals surface area (Å²) >= 11 is 0. The Balaban J connectivity index is 2.42. The lowest BCUT2D eigenvalue weighted by Crippen LogP contribution is -2.46. The van der Waals surface area contributed by atoms with Gasteiger partial charge in [0.05, 0.1) is 27.4 Å². The highest BCUT2D eigenvalue weighted by atomic mass is 16.5. The van der Waals surface area contributed by atoms with E-state index in [1.54, 1.807) is 37.3 Å². The molecular weight excluding hydrogens is 430 g/mol. The molecule has 1 heterocycles. The molecule has 0 radical (unpaired) electrons. The van der Waals surface area contributed by atoms with Gasteiger partial charge in [0.15, 0.2) is 17.2 Å². The molecule has 0 fully saturated rings. The maximum Gasteiger partial charge on any atom is 0.330 e. The van der Waals surface area contributed by atoms with Crippen LogP contribution >= 0.6 is 0 Å². The van der Waals surface area contributed by atoms with Crippen molar-refractivity contribution >= 4 is 23.1 Å². The monoisotopic (exact) mass is 463 g/mol. The van der Waals surface area contributed by atoms with Gasteiger partial charge >= 0.3 is 5.69 Å². The zero-order valence-corrected chi connectivity index (χ0v) is 20.0. The SMILES string of the molecule is COCCN(C(=O)CN(C)c1ccc(OC)c(OC)c1)c1c(N)n(CC(C)C)c(=O)[nH]c1=O. The molecule has 0 unspecified atom stereocenters. The lowest BCUT2D eigenvalue weighted by atomic mass is 10.2. The highest BCUT2D eigenvalue weighted by Gasteiger charge is 2.25. The summed E-state index contributed by atoms with van der Waals surface area (Å²) in [5.41, 5.74) is 5.52. The van der Waals surface area contributed by atoms with Crippen LogP contribution in [0.1, 0.15) is 13.8 Å². The van der Waals surface area contributed by atoms with Crippen LogP contribution in [0.4, 0.5) is 17.2 Å². The highest BCUT2D eigenvalue weighted by molar-refractivity contribution is 5.98. The maximum absolute atomic E-state index is 13.3. The lowest BCUT2D eigenvalue weighted by Gasteiger charge is -2.27. The first-order valence-corrected chi connectivity index (χ1v) is 10.5. The van der Waals surface area contributed by atoms with Crippen LogP contribution in [0.25, 0.3) is 0 Å². The number of hydrogen-bond acceptors (Lipinski definition) is 8. The number of hydrogen-bond donors (Lipinski definition) is 2. The topological polar surface area (TPSA) is 132 Å². The van der Waals surface area contributed by atoms with Crippen molar-refractivity contribution in [3.05, 3.63) is 39.0 Å². The van der Waals surface area contributed by atoms with E-state index in [0.29, 0.717) is 23.7 Å². The number of nitrogen functional groups attached to an aromatic ring is 1. The predicted octanol–water partition coefficient (Wildman–Crippen LogP) is 0.908. The first-order chi connectivity index (χ1) is 15.6. The van der Waals surface area contributed by atoms with E-state index in [-0.39, 0.29) is 37.1 Å². The summed E-state index contributed by atoms with van der Waals surface area (Å²) in [6.07, 6.45) is 0. The minimum absolute atomic E-state index is 0.0596. The number of likely N-dealkylation sites (N-methyl/N-ethyl adjacent to an activating group) is 1. The highest BCUT2D eigenvalue weighted by Crippen LogP contribution is 2.31. The van der Waals surface area contributed by atoms with Gasteiger partial charge in [-0.15, -0.1) is 0 Å². The van der Waals surface area contributed by atoms with Crippen molar-refractivity contribution in [2.75, 3.05) is 63.6 Å². The van der Waals surface area contributed by atoms with E-state index >= 15 is 0 Å². The average molecular weight is 464 g/mol. The van der Waals surface area contributed by atoms with Gasteiger partial charge in [-0.25, -0.2) is 4.79 Å². The third-order valence-corrected chi connectivity index (χ3v) is 5.03. The van der Waals surface area contributed by atoms with E-state index in [9.17, 15) is 14.4 Å². The van der Waals surface area contributed by atoms with Crippen molar-refractivity contribution in [2.45, 2.75) is 20.4 Å². The van der Waals surface area contributed by atoms with Crippen LogP contribution in [0.5, 0.6) is 11.5 Å². The normalized spacial score (nSPS) is 10.9. The molecule has 2 aromatic rings. The van der Waals surface area contributed by atoms with E-state index in [1.807, 2.05) is 13.8 Å². The maximum atomic E-state index is 13.3. The quantitative estimate of drug-likeness (QED) is 0.503. The standard InChI is InChI=1S/C22H33N5O6/c1-14(2)12-27-20(23)19(21(29)24-22(27)30)26(9-10-31-4)18(28)13-25(3)15-7-8-16(32-5)17(11-15)33-6/h7-8,11,14H,9-10,12-13,23H2,1-6H3,(H,24,29,30). The number of nitrogens with two attached hydrogens (primary N) is 1. The second-order valence-electron chi connectivity index (χ2n) is 7.93. The number of ether oxygens (including phenoxy) is 3. The molecule has 33 heavy (non-hydrogen) atoms. The molecule has 1 aromatic heterocycles. The summed E-state index contributed by atoms with van der Waals surface area (Å²) in [6, 6.07) is 5.27. The Morgan fingerprint density at radius 2 is 1.82 bits per heavy atom. The Kier molecular flexibility index (Phi) is 8.92. The van der Waals surface area contributed by atoms with Crippen molar-refractivity contribution in [3.8, 4) is 11.5 Å². The van der Waals surface area contributed by atoms with Gasteiger partial charge in [0.2, 0.25) is 5.91 Å². The van der Waals surface area contributed by atoms with Crippen LogP contribution in [0.15, 0.2) is 27.8 Å². The molecule has 0 bridgehead atoms. The summed E-state index contributed by atoms with van der Waals surface area (Å²) in [4.78, 5) is 43.5. The first-order valence-electron chi connectivity index (χ1n) is 10.5. The summed E-state index contributed by atoms with van der Waals surface area (Å²) in [7, 11) is 6.30. The lowest BCUT2D eigenvalue weighted by molar-refractivity contribution is -0.117. The summed E-state index contributed by atoms with van der Waals surface area (Å²) in [5.74, 6) is 0.733. The van der Waals surface area contributed by atoms with Crippen LogP contribution < -0.4 is 36.3 Å². The molecule has 0 atom stereocenters. The van der Waals surface area contributed by atoms with Crippen LogP contribution in [-0.4, -0.2) is 63.5 Å². The number of nitrogens with zero attached hydrogens (tertiary/aromatic N) is 3. The van der Waals surface area contributed by atoms with Gasteiger partial charge in [-0.3, -0.25) is 19.1 Å². The van der Waals surface area contributed by atoms with Gasteiger partial charge in [0.1, 0.15) is 5.82 Å². The Hall–Kier alpha value is -3.47. The number of carbonyl (C=O) groups excluding carboxylic acids is 1. The Labute approximate surface area is 192 Å². The summed E-state index contributed by atoms with van der Waals surface area (Å²) < 4.78 is 17.0. The number of nitrogens with one attached hydrogen (secondary N) is 1. The molecule has 0 saturated heterocycles. The number of H-pyrrole nitrogens is 1. The summed E-state index contributed by atoms with van der Waals surface area (Å²) in [5, 5.41) is 0. The van der Waals surface area contributed by atoms with Gasteiger partial charge in [-0.2, -0.15) is 0 Å². The van der Waals surface area contributed by atoms with E-state index < -0.39 is 17.2 Å². The molecule has 0 aliphatic rings. The molecule has 11 heteroatoms. The minimum Gasteiger partial charge on any atom is -0.493 e. The smallest absolute Gasteiger partial charge is 0.330 e. The third kappa shape index (κ3) is 6.07. The average Bonchev–Trinajstić information content (AvgIpc) is 2.77. The van der Waals surface area contributed by atoms with Gasteiger partial charge in [-0.05, 0) is 18.1 Å². The summed E-state index contributed by atoms with van der Waals surface area (Å²) in [6.45, 7) is 4.33. The molecule has 182 valence electrons. The third-order valence-electron chi connectivity index (χ3n) is 5.03. The molecule has 0 saturated carbocycles. The minimum atomic E-state index is -0.726. The van der Waals surface area contributed by atoms with Crippen molar-refractivity contribution in [1.82, 2.24) is 9.55 Å². The second kappa shape index (κ2) is 11.4. The zero-order valence-electron chi connectivity index (χ0n) is 20.0. The number of amides is 1. The number of methoxy groups -OCH3 is 3. The molecule has 1 aromatic carbocycles. The van der Waals surface area contributed by atoms with Crippen molar-refractivity contribution in [2.24, 2.45) is 5.92 Å². The van der Waals surface area contributed by atoms with Gasteiger partial charge in [0.25, 0.3) is 5.56 Å². The number of carbonyl (C=O) groups is 1. The van der Waals surface area contributed by atoms with E-state index in [4.69, 9.17) is 19.9 Å². The van der Waals surface area contributed by atoms with E-state index in [2.05, 4.69) is 4.98 Å². The van der Waals surface area contributed by atoms with Gasteiger partial charge in [0, 0.05) is 39.0 Å². The predicted molar refractivity (Wildman–Crippen MR) is 128 cm³/mol.